The van der Waals surface area contributed by atoms with E-state index in [2.05, 4.69) is 53.8 Å². The van der Waals surface area contributed by atoms with Crippen LogP contribution in [0.2, 0.25) is 0 Å². The fourth-order valence-electron chi connectivity index (χ4n) is 2.13. The third-order valence-electron chi connectivity index (χ3n) is 3.24. The van der Waals surface area contributed by atoms with Gasteiger partial charge in [-0.15, -0.1) is 11.8 Å². The van der Waals surface area contributed by atoms with Gasteiger partial charge >= 0.3 is 0 Å². The van der Waals surface area contributed by atoms with Crippen LogP contribution in [0.3, 0.4) is 0 Å². The number of thioether (sulfide) groups is 1. The highest BCUT2D eigenvalue weighted by Gasteiger charge is 2.08. The minimum absolute atomic E-state index is 0.0755. The maximum absolute atomic E-state index is 14.0. The zero-order valence-corrected chi connectivity index (χ0v) is 14.7. The molecule has 0 N–H and O–H groups in total. The Bertz CT molecular complexity index is 578. The number of hydrogen-bond donors (Lipinski definition) is 0. The van der Waals surface area contributed by atoms with Crippen LogP contribution in [-0.4, -0.2) is 5.75 Å². The number of halogens is 2. The van der Waals surface area contributed by atoms with E-state index in [1.807, 2.05) is 13.0 Å². The molecule has 0 heterocycles. The highest BCUT2D eigenvalue weighted by Crippen LogP contribution is 2.26. The van der Waals surface area contributed by atoms with Crippen molar-refractivity contribution in [3.8, 4) is 0 Å². The van der Waals surface area contributed by atoms with E-state index in [1.165, 1.54) is 14.0 Å². The van der Waals surface area contributed by atoms with Gasteiger partial charge in [0, 0.05) is 8.47 Å². The van der Waals surface area contributed by atoms with Gasteiger partial charge in [-0.1, -0.05) is 19.1 Å². The highest BCUT2D eigenvalue weighted by atomic mass is 127. The lowest BCUT2D eigenvalue weighted by molar-refractivity contribution is 0.605. The zero-order chi connectivity index (χ0) is 14.5. The van der Waals surface area contributed by atoms with Gasteiger partial charge in [0.2, 0.25) is 0 Å². The third-order valence-corrected chi connectivity index (χ3v) is 5.00. The predicted molar refractivity (Wildman–Crippen MR) is 94.1 cm³/mol. The lowest BCUT2D eigenvalue weighted by Gasteiger charge is -2.09. The first kappa shape index (κ1) is 15.8. The molecule has 0 aliphatic rings. The number of aryl methyl sites for hydroxylation is 3. The monoisotopic (exact) mass is 400 g/mol. The minimum atomic E-state index is -0.0755. The average Bonchev–Trinajstić information content (AvgIpc) is 2.42. The molecule has 0 fully saturated rings. The van der Waals surface area contributed by atoms with Crippen LogP contribution in [0.5, 0.6) is 0 Å². The first-order chi connectivity index (χ1) is 9.60. The molecule has 0 radical (unpaired) electrons. The first-order valence-electron chi connectivity index (χ1n) is 6.76. The summed E-state index contributed by atoms with van der Waals surface area (Å²) in [5.74, 6) is 0.941. The minimum Gasteiger partial charge on any atom is -0.207 e. The quantitative estimate of drug-likeness (QED) is 0.463. The molecule has 0 aromatic heterocycles. The molecule has 2 rings (SSSR count). The van der Waals surface area contributed by atoms with Gasteiger partial charge in [-0.3, -0.25) is 0 Å². The van der Waals surface area contributed by atoms with Gasteiger partial charge in [-0.25, -0.2) is 4.39 Å². The maximum atomic E-state index is 14.0. The van der Waals surface area contributed by atoms with Crippen LogP contribution in [0, 0.1) is 16.3 Å². The van der Waals surface area contributed by atoms with E-state index in [1.54, 1.807) is 17.8 Å². The average molecular weight is 400 g/mol. The van der Waals surface area contributed by atoms with Gasteiger partial charge in [0.25, 0.3) is 0 Å². The van der Waals surface area contributed by atoms with Crippen LogP contribution in [0.1, 0.15) is 23.6 Å². The van der Waals surface area contributed by atoms with Crippen LogP contribution in [0.25, 0.3) is 0 Å². The first-order valence-corrected chi connectivity index (χ1v) is 8.83. The van der Waals surface area contributed by atoms with E-state index >= 15 is 0 Å². The summed E-state index contributed by atoms with van der Waals surface area (Å²) in [5.41, 5.74) is 3.12. The van der Waals surface area contributed by atoms with Crippen LogP contribution < -0.4 is 0 Å². The third kappa shape index (κ3) is 4.22. The zero-order valence-electron chi connectivity index (χ0n) is 11.7. The predicted octanol–water partition coefficient (Wildman–Crippen LogP) is 5.64. The van der Waals surface area contributed by atoms with Gasteiger partial charge in [0.15, 0.2) is 0 Å². The molecule has 3 heteroatoms. The summed E-state index contributed by atoms with van der Waals surface area (Å²) >= 11 is 4.08. The summed E-state index contributed by atoms with van der Waals surface area (Å²) in [5, 5.41) is 0. The van der Waals surface area contributed by atoms with Crippen LogP contribution in [0.15, 0.2) is 41.3 Å². The van der Waals surface area contributed by atoms with E-state index in [4.69, 9.17) is 0 Å². The second-order valence-electron chi connectivity index (χ2n) is 4.77. The van der Waals surface area contributed by atoms with Gasteiger partial charge in [-0.05, 0) is 89.1 Å². The summed E-state index contributed by atoms with van der Waals surface area (Å²) in [6.07, 6.45) is 1.64. The molecule has 2 aromatic rings. The van der Waals surface area contributed by atoms with E-state index in [0.717, 1.165) is 29.7 Å². The van der Waals surface area contributed by atoms with Gasteiger partial charge < -0.3 is 0 Å². The van der Waals surface area contributed by atoms with E-state index < -0.39 is 0 Å². The van der Waals surface area contributed by atoms with E-state index in [-0.39, 0.29) is 5.82 Å². The smallest absolute Gasteiger partial charge is 0.126 e. The lowest BCUT2D eigenvalue weighted by Crippen LogP contribution is -1.97. The number of hydrogen-bond acceptors (Lipinski definition) is 1. The summed E-state index contributed by atoms with van der Waals surface area (Å²) in [4.78, 5) is 1.20. The van der Waals surface area contributed by atoms with Crippen molar-refractivity contribution in [1.82, 2.24) is 0 Å². The van der Waals surface area contributed by atoms with Gasteiger partial charge in [0.1, 0.15) is 5.82 Å². The standard InChI is InChI=1S/C17H18FIS/c1-3-20-17-11-14(16(18)10-12(17)2)7-4-13-5-8-15(19)9-6-13/h5-6,8-11H,3-4,7H2,1-2H3. The molecule has 20 heavy (non-hydrogen) atoms. The van der Waals surface area contributed by atoms with Crippen molar-refractivity contribution in [2.45, 2.75) is 31.6 Å². The summed E-state index contributed by atoms with van der Waals surface area (Å²) in [6, 6.07) is 12.1. The Kier molecular flexibility index (Phi) is 5.90. The lowest BCUT2D eigenvalue weighted by atomic mass is 10.0. The van der Waals surface area contributed by atoms with Crippen molar-refractivity contribution in [3.63, 3.8) is 0 Å². The summed E-state index contributed by atoms with van der Waals surface area (Å²) < 4.78 is 15.3. The molecule has 2 aromatic carbocycles. The maximum Gasteiger partial charge on any atom is 0.126 e. The van der Waals surface area contributed by atoms with Gasteiger partial charge in [0.05, 0.1) is 0 Å². The van der Waals surface area contributed by atoms with Crippen molar-refractivity contribution in [2.24, 2.45) is 0 Å². The molecule has 0 nitrogen and oxygen atoms in total. The Morgan fingerprint density at radius 2 is 1.80 bits per heavy atom. The number of rotatable bonds is 5. The highest BCUT2D eigenvalue weighted by molar-refractivity contribution is 14.1. The summed E-state index contributed by atoms with van der Waals surface area (Å²) in [6.45, 7) is 4.10. The molecule has 106 valence electrons. The molecule has 0 saturated heterocycles. The molecule has 0 bridgehead atoms. The molecule has 0 atom stereocenters. The van der Waals surface area contributed by atoms with Crippen molar-refractivity contribution < 1.29 is 4.39 Å². The Balaban J connectivity index is 2.12. The van der Waals surface area contributed by atoms with Crippen molar-refractivity contribution in [1.29, 1.82) is 0 Å². The molecule has 0 saturated carbocycles. The largest absolute Gasteiger partial charge is 0.207 e. The van der Waals surface area contributed by atoms with Crippen molar-refractivity contribution in [3.05, 3.63) is 62.5 Å². The van der Waals surface area contributed by atoms with Crippen LogP contribution in [-0.2, 0) is 12.8 Å². The second-order valence-corrected chi connectivity index (χ2v) is 7.32. The topological polar surface area (TPSA) is 0 Å². The molecule has 0 aliphatic heterocycles. The fraction of sp³-hybridized carbons (Fsp3) is 0.294. The number of benzene rings is 2. The normalized spacial score (nSPS) is 10.8. The molecular formula is C17H18FIS. The molecule has 0 unspecified atom stereocenters. The Morgan fingerprint density at radius 3 is 2.45 bits per heavy atom. The molecule has 0 amide bonds. The Morgan fingerprint density at radius 1 is 1.10 bits per heavy atom. The fourth-order valence-corrected chi connectivity index (χ4v) is 3.31. The van der Waals surface area contributed by atoms with E-state index in [0.29, 0.717) is 0 Å². The Labute approximate surface area is 138 Å². The molecule has 0 spiro atoms. The van der Waals surface area contributed by atoms with Gasteiger partial charge in [-0.2, -0.15) is 0 Å². The van der Waals surface area contributed by atoms with Crippen molar-refractivity contribution >= 4 is 34.4 Å². The Hall–Kier alpha value is -0.550. The molecular weight excluding hydrogens is 382 g/mol. The SMILES string of the molecule is CCSc1cc(CCc2ccc(I)cc2)c(F)cc1C. The van der Waals surface area contributed by atoms with E-state index in [9.17, 15) is 4.39 Å². The summed E-state index contributed by atoms with van der Waals surface area (Å²) in [7, 11) is 0. The van der Waals surface area contributed by atoms with Crippen molar-refractivity contribution in [2.75, 3.05) is 5.75 Å². The van der Waals surface area contributed by atoms with Crippen LogP contribution >= 0.6 is 34.4 Å². The molecule has 0 aliphatic carbocycles. The second kappa shape index (κ2) is 7.46. The van der Waals surface area contributed by atoms with Crippen LogP contribution in [0.4, 0.5) is 4.39 Å².